The largest absolute Gasteiger partial charge is 0.319 e. The number of amides is 1. The highest BCUT2D eigenvalue weighted by Crippen LogP contribution is 2.35. The summed E-state index contributed by atoms with van der Waals surface area (Å²) < 4.78 is 27.6. The van der Waals surface area contributed by atoms with Crippen LogP contribution in [-0.4, -0.2) is 51.4 Å². The number of nitrogens with zero attached hydrogens (tertiary/aromatic N) is 2. The molecule has 2 heterocycles. The van der Waals surface area contributed by atoms with Gasteiger partial charge in [0.15, 0.2) is 0 Å². The lowest BCUT2D eigenvalue weighted by Gasteiger charge is -2.31. The molecule has 26 heavy (non-hydrogen) atoms. The summed E-state index contributed by atoms with van der Waals surface area (Å²) in [5.74, 6) is 0.537. The number of carbonyl (C=O) groups is 1. The van der Waals surface area contributed by atoms with Gasteiger partial charge in [-0.15, -0.1) is 12.4 Å². The summed E-state index contributed by atoms with van der Waals surface area (Å²) in [5.41, 5.74) is 1.78. The van der Waals surface area contributed by atoms with Gasteiger partial charge < -0.3 is 10.2 Å². The Morgan fingerprint density at radius 3 is 2.50 bits per heavy atom. The summed E-state index contributed by atoms with van der Waals surface area (Å²) in [5, 5.41) is 3.17. The standard InChI is InChI=1S/C18H27N3O3S.ClH/c1-13-10-16-11-17(4-5-18(16)21(13)14(2)22)25(23,24)20-8-6-15(7-9-20)12-19-3;/h4-5,11,13,15,19H,6-10,12H2,1-3H3;1H. The van der Waals surface area contributed by atoms with Crippen molar-refractivity contribution in [3.63, 3.8) is 0 Å². The van der Waals surface area contributed by atoms with E-state index < -0.39 is 10.0 Å². The van der Waals surface area contributed by atoms with Crippen molar-refractivity contribution in [2.45, 2.75) is 44.0 Å². The summed E-state index contributed by atoms with van der Waals surface area (Å²) in [6, 6.07) is 5.25. The van der Waals surface area contributed by atoms with Crippen molar-refractivity contribution in [3.05, 3.63) is 23.8 Å². The lowest BCUT2D eigenvalue weighted by Crippen LogP contribution is -2.40. The van der Waals surface area contributed by atoms with Crippen molar-refractivity contribution in [2.75, 3.05) is 31.6 Å². The molecule has 1 unspecified atom stereocenters. The van der Waals surface area contributed by atoms with Gasteiger partial charge in [0.1, 0.15) is 0 Å². The van der Waals surface area contributed by atoms with Crippen LogP contribution in [0.1, 0.15) is 32.3 Å². The van der Waals surface area contributed by atoms with Crippen LogP contribution in [0, 0.1) is 5.92 Å². The van der Waals surface area contributed by atoms with Gasteiger partial charge in [-0.1, -0.05) is 0 Å². The molecule has 1 atom stereocenters. The molecule has 3 rings (SSSR count). The molecule has 1 N–H and O–H groups in total. The van der Waals surface area contributed by atoms with Gasteiger partial charge >= 0.3 is 0 Å². The Balaban J connectivity index is 0.00000243. The Bertz CT molecular complexity index is 761. The lowest BCUT2D eigenvalue weighted by molar-refractivity contribution is -0.116. The fraction of sp³-hybridized carbons (Fsp3) is 0.611. The number of carbonyl (C=O) groups excluding carboxylic acids is 1. The fourth-order valence-electron chi connectivity index (χ4n) is 4.04. The highest BCUT2D eigenvalue weighted by atomic mass is 35.5. The number of fused-ring (bicyclic) bond motifs is 1. The zero-order chi connectivity index (χ0) is 18.2. The molecule has 2 aliphatic rings. The molecule has 8 heteroatoms. The minimum Gasteiger partial charge on any atom is -0.319 e. The van der Waals surface area contributed by atoms with Gasteiger partial charge in [-0.3, -0.25) is 4.79 Å². The van der Waals surface area contributed by atoms with Gasteiger partial charge in [0.05, 0.1) is 4.90 Å². The number of hydrogen-bond donors (Lipinski definition) is 1. The van der Waals surface area contributed by atoms with Crippen molar-refractivity contribution >= 4 is 34.0 Å². The molecule has 0 aliphatic carbocycles. The Labute approximate surface area is 162 Å². The number of sulfonamides is 1. The van der Waals surface area contributed by atoms with Crippen molar-refractivity contribution in [2.24, 2.45) is 5.92 Å². The van der Waals surface area contributed by atoms with Crippen LogP contribution >= 0.6 is 12.4 Å². The van der Waals surface area contributed by atoms with Crippen LogP contribution in [0.4, 0.5) is 5.69 Å². The minimum absolute atomic E-state index is 0. The predicted octanol–water partition coefficient (Wildman–Crippen LogP) is 2.03. The topological polar surface area (TPSA) is 69.7 Å². The summed E-state index contributed by atoms with van der Waals surface area (Å²) in [6.07, 6.45) is 2.48. The third-order valence-corrected chi connectivity index (χ3v) is 7.20. The summed E-state index contributed by atoms with van der Waals surface area (Å²) >= 11 is 0. The number of anilines is 1. The van der Waals surface area contributed by atoms with E-state index in [9.17, 15) is 13.2 Å². The van der Waals surface area contributed by atoms with E-state index in [0.717, 1.165) is 30.6 Å². The molecule has 6 nitrogen and oxygen atoms in total. The van der Waals surface area contributed by atoms with E-state index in [1.807, 2.05) is 14.0 Å². The number of rotatable bonds is 4. The van der Waals surface area contributed by atoms with Gasteiger partial charge in [0.25, 0.3) is 0 Å². The van der Waals surface area contributed by atoms with E-state index in [-0.39, 0.29) is 24.4 Å². The first-order valence-corrected chi connectivity index (χ1v) is 10.4. The third kappa shape index (κ3) is 3.91. The first kappa shape index (κ1) is 21.2. The van der Waals surface area contributed by atoms with E-state index in [0.29, 0.717) is 30.3 Å². The molecule has 0 bridgehead atoms. The molecule has 0 saturated carbocycles. The molecule has 1 amide bonds. The van der Waals surface area contributed by atoms with Gasteiger partial charge in [0, 0.05) is 31.7 Å². The molecule has 1 fully saturated rings. The Hall–Kier alpha value is -1.15. The number of halogens is 1. The Morgan fingerprint density at radius 1 is 1.27 bits per heavy atom. The van der Waals surface area contributed by atoms with E-state index in [4.69, 9.17) is 0 Å². The number of piperidine rings is 1. The van der Waals surface area contributed by atoms with E-state index >= 15 is 0 Å². The van der Waals surface area contributed by atoms with Crippen LogP contribution in [0.15, 0.2) is 23.1 Å². The average molecular weight is 402 g/mol. The molecule has 1 aromatic rings. The van der Waals surface area contributed by atoms with Crippen molar-refractivity contribution in [1.82, 2.24) is 9.62 Å². The van der Waals surface area contributed by atoms with Crippen LogP contribution < -0.4 is 10.2 Å². The number of nitrogens with one attached hydrogen (secondary N) is 1. The highest BCUT2D eigenvalue weighted by Gasteiger charge is 2.33. The second-order valence-corrected chi connectivity index (χ2v) is 9.08. The first-order valence-electron chi connectivity index (χ1n) is 8.92. The first-order chi connectivity index (χ1) is 11.8. The van der Waals surface area contributed by atoms with E-state index in [1.54, 1.807) is 34.3 Å². The maximum absolute atomic E-state index is 13.0. The second kappa shape index (κ2) is 8.25. The van der Waals surface area contributed by atoms with Gasteiger partial charge in [-0.05, 0) is 69.5 Å². The van der Waals surface area contributed by atoms with Crippen LogP contribution in [-0.2, 0) is 21.2 Å². The van der Waals surface area contributed by atoms with Crippen LogP contribution in [0.3, 0.4) is 0 Å². The summed E-state index contributed by atoms with van der Waals surface area (Å²) in [4.78, 5) is 13.9. The normalized spacial score (nSPS) is 21.3. The van der Waals surface area contributed by atoms with Gasteiger partial charge in [-0.2, -0.15) is 4.31 Å². The van der Waals surface area contributed by atoms with Crippen molar-refractivity contribution in [3.8, 4) is 0 Å². The molecule has 2 aliphatic heterocycles. The van der Waals surface area contributed by atoms with Crippen molar-refractivity contribution in [1.29, 1.82) is 0 Å². The van der Waals surface area contributed by atoms with Crippen molar-refractivity contribution < 1.29 is 13.2 Å². The molecule has 0 radical (unpaired) electrons. The van der Waals surface area contributed by atoms with Crippen LogP contribution in [0.25, 0.3) is 0 Å². The predicted molar refractivity (Wildman–Crippen MR) is 105 cm³/mol. The monoisotopic (exact) mass is 401 g/mol. The number of benzene rings is 1. The quantitative estimate of drug-likeness (QED) is 0.838. The lowest BCUT2D eigenvalue weighted by atomic mass is 9.98. The van der Waals surface area contributed by atoms with Gasteiger partial charge in [0.2, 0.25) is 15.9 Å². The Morgan fingerprint density at radius 2 is 1.92 bits per heavy atom. The maximum atomic E-state index is 13.0. The molecular formula is C18H28ClN3O3S. The molecule has 1 aromatic carbocycles. The SMILES string of the molecule is CNCC1CCN(S(=O)(=O)c2ccc3c(c2)CC(C)N3C(C)=O)CC1.Cl. The maximum Gasteiger partial charge on any atom is 0.243 e. The molecular weight excluding hydrogens is 374 g/mol. The summed E-state index contributed by atoms with van der Waals surface area (Å²) in [6.45, 7) is 5.61. The molecule has 0 spiro atoms. The van der Waals surface area contributed by atoms with Gasteiger partial charge in [-0.25, -0.2) is 8.42 Å². The summed E-state index contributed by atoms with van der Waals surface area (Å²) in [7, 11) is -1.54. The second-order valence-electron chi connectivity index (χ2n) is 7.14. The molecule has 0 aromatic heterocycles. The van der Waals surface area contributed by atoms with Crippen LogP contribution in [0.2, 0.25) is 0 Å². The van der Waals surface area contributed by atoms with E-state index in [1.165, 1.54) is 0 Å². The zero-order valence-corrected chi connectivity index (χ0v) is 17.2. The average Bonchev–Trinajstić information content (AvgIpc) is 2.90. The highest BCUT2D eigenvalue weighted by molar-refractivity contribution is 7.89. The minimum atomic E-state index is -3.47. The Kier molecular flexibility index (Phi) is 6.71. The third-order valence-electron chi connectivity index (χ3n) is 5.31. The molecule has 146 valence electrons. The number of hydrogen-bond acceptors (Lipinski definition) is 4. The smallest absolute Gasteiger partial charge is 0.243 e. The van der Waals surface area contributed by atoms with E-state index in [2.05, 4.69) is 5.32 Å². The molecule has 1 saturated heterocycles. The van der Waals surface area contributed by atoms with Crippen LogP contribution in [0.5, 0.6) is 0 Å². The zero-order valence-electron chi connectivity index (χ0n) is 15.6. The fourth-order valence-corrected chi connectivity index (χ4v) is 5.56.